The van der Waals surface area contributed by atoms with Crippen LogP contribution in [0.3, 0.4) is 0 Å². The van der Waals surface area contributed by atoms with E-state index in [4.69, 9.17) is 4.74 Å². The van der Waals surface area contributed by atoms with Crippen LogP contribution in [0, 0.1) is 24.6 Å². The number of methoxy groups -OCH3 is 1. The predicted octanol–water partition coefficient (Wildman–Crippen LogP) is 4.85. The van der Waals surface area contributed by atoms with Gasteiger partial charge >= 0.3 is 0 Å². The van der Waals surface area contributed by atoms with Crippen LogP contribution in [0.4, 0.5) is 4.39 Å². The number of hydrogen-bond donors (Lipinski definition) is 0. The van der Waals surface area contributed by atoms with E-state index in [1.807, 2.05) is 28.8 Å². The van der Waals surface area contributed by atoms with E-state index in [-0.39, 0.29) is 24.0 Å². The highest BCUT2D eigenvalue weighted by Gasteiger charge is 2.35. The molecular formula is C34H44FN5O3. The second kappa shape index (κ2) is 12.4. The van der Waals surface area contributed by atoms with Crippen molar-refractivity contribution < 1.29 is 18.7 Å². The molecule has 3 aliphatic heterocycles. The van der Waals surface area contributed by atoms with E-state index in [0.29, 0.717) is 29.6 Å². The largest absolute Gasteiger partial charge is 0.380 e. The molecule has 3 aromatic rings. The first-order valence-electron chi connectivity index (χ1n) is 15.8. The maximum Gasteiger partial charge on any atom is 0.256 e. The number of benzene rings is 1. The molecular weight excluding hydrogens is 545 g/mol. The lowest BCUT2D eigenvalue weighted by atomic mass is 9.96. The number of rotatable bonds is 7. The van der Waals surface area contributed by atoms with Crippen molar-refractivity contribution >= 4 is 22.7 Å². The van der Waals surface area contributed by atoms with Crippen molar-refractivity contribution in [2.24, 2.45) is 11.8 Å². The van der Waals surface area contributed by atoms with Crippen LogP contribution in [0.5, 0.6) is 0 Å². The van der Waals surface area contributed by atoms with E-state index in [9.17, 15) is 14.0 Å². The normalized spacial score (nSPS) is 23.5. The molecule has 3 aliphatic rings. The van der Waals surface area contributed by atoms with Gasteiger partial charge in [0.25, 0.3) is 5.91 Å². The quantitative estimate of drug-likeness (QED) is 0.394. The van der Waals surface area contributed by atoms with E-state index < -0.39 is 5.82 Å². The van der Waals surface area contributed by atoms with E-state index >= 15 is 0 Å². The number of ether oxygens (including phenoxy) is 1. The van der Waals surface area contributed by atoms with Gasteiger partial charge in [-0.3, -0.25) is 14.6 Å². The highest BCUT2D eigenvalue weighted by Crippen LogP contribution is 2.34. The fourth-order valence-electron chi connectivity index (χ4n) is 7.63. The number of halogens is 1. The topological polar surface area (TPSA) is 70.9 Å². The number of carbonyl (C=O) groups is 2. The molecule has 230 valence electrons. The average Bonchev–Trinajstić information content (AvgIpc) is 3.70. The fourth-order valence-corrected chi connectivity index (χ4v) is 7.63. The molecule has 8 nitrogen and oxygen atoms in total. The van der Waals surface area contributed by atoms with Gasteiger partial charge in [-0.05, 0) is 93.7 Å². The molecule has 3 saturated heterocycles. The summed E-state index contributed by atoms with van der Waals surface area (Å²) >= 11 is 0. The van der Waals surface area contributed by atoms with Crippen molar-refractivity contribution in [3.05, 3.63) is 59.3 Å². The number of piperidine rings is 1. The number of aromatic nitrogens is 2. The fraction of sp³-hybridized carbons (Fsp3) is 0.559. The minimum absolute atomic E-state index is 0.0128. The summed E-state index contributed by atoms with van der Waals surface area (Å²) < 4.78 is 22.2. The maximum atomic E-state index is 14.6. The lowest BCUT2D eigenvalue weighted by Crippen LogP contribution is -2.40. The summed E-state index contributed by atoms with van der Waals surface area (Å²) in [4.78, 5) is 36.4. The molecule has 0 radical (unpaired) electrons. The van der Waals surface area contributed by atoms with Crippen LogP contribution in [0.2, 0.25) is 0 Å². The number of hydrogen-bond acceptors (Lipinski definition) is 5. The molecule has 0 N–H and O–H groups in total. The van der Waals surface area contributed by atoms with Gasteiger partial charge < -0.3 is 24.0 Å². The zero-order valence-electron chi connectivity index (χ0n) is 25.9. The Hall–Kier alpha value is -3.30. The van der Waals surface area contributed by atoms with Crippen LogP contribution in [-0.2, 0) is 16.0 Å². The number of nitrogens with zero attached hydrogens (tertiary/aromatic N) is 5. The third-order valence-electron chi connectivity index (χ3n) is 10.0. The molecule has 2 amide bonds. The van der Waals surface area contributed by atoms with E-state index in [2.05, 4.69) is 23.0 Å². The number of amides is 2. The van der Waals surface area contributed by atoms with E-state index in [1.54, 1.807) is 25.0 Å². The average molecular weight is 590 g/mol. The zero-order chi connectivity index (χ0) is 30.2. The number of aryl methyl sites for hydroxylation is 1. The van der Waals surface area contributed by atoms with Gasteiger partial charge in [0.2, 0.25) is 5.91 Å². The highest BCUT2D eigenvalue weighted by atomic mass is 19.1. The second-order valence-electron chi connectivity index (χ2n) is 13.0. The Morgan fingerprint density at radius 1 is 1.07 bits per heavy atom. The Labute approximate surface area is 253 Å². The first kappa shape index (κ1) is 29.8. The molecule has 2 aromatic heterocycles. The molecule has 0 bridgehead atoms. The Balaban J connectivity index is 1.24. The third kappa shape index (κ3) is 6.07. The minimum Gasteiger partial charge on any atom is -0.380 e. The van der Waals surface area contributed by atoms with Crippen LogP contribution < -0.4 is 0 Å². The Morgan fingerprint density at radius 2 is 1.84 bits per heavy atom. The predicted molar refractivity (Wildman–Crippen MR) is 165 cm³/mol. The Bertz CT molecular complexity index is 1500. The van der Waals surface area contributed by atoms with Gasteiger partial charge in [-0.2, -0.15) is 0 Å². The van der Waals surface area contributed by atoms with Gasteiger partial charge in [0.15, 0.2) is 0 Å². The minimum atomic E-state index is -0.425. The molecule has 0 spiro atoms. The number of likely N-dealkylation sites (tertiary alicyclic amines) is 3. The van der Waals surface area contributed by atoms with Gasteiger partial charge in [-0.1, -0.05) is 0 Å². The van der Waals surface area contributed by atoms with Gasteiger partial charge in [-0.25, -0.2) is 4.39 Å². The summed E-state index contributed by atoms with van der Waals surface area (Å²) in [6.07, 6.45) is 10.9. The molecule has 6 rings (SSSR count). The molecule has 9 heteroatoms. The summed E-state index contributed by atoms with van der Waals surface area (Å²) in [5.74, 6) is 0.773. The van der Waals surface area contributed by atoms with Gasteiger partial charge in [0, 0.05) is 70.6 Å². The van der Waals surface area contributed by atoms with Crippen LogP contribution in [0.15, 0.2) is 36.8 Å². The smallest absolute Gasteiger partial charge is 0.256 e. The van der Waals surface area contributed by atoms with Crippen molar-refractivity contribution in [3.8, 4) is 5.69 Å². The molecule has 3 fully saturated rings. The summed E-state index contributed by atoms with van der Waals surface area (Å²) in [5, 5.41) is 1.17. The Morgan fingerprint density at radius 3 is 2.56 bits per heavy atom. The summed E-state index contributed by atoms with van der Waals surface area (Å²) in [5.41, 5.74) is 4.31. The van der Waals surface area contributed by atoms with Crippen LogP contribution in [-0.4, -0.2) is 94.6 Å². The summed E-state index contributed by atoms with van der Waals surface area (Å²) in [7, 11) is 1.67. The first-order valence-corrected chi connectivity index (χ1v) is 15.8. The number of fused-ring (bicyclic) bond motifs is 1. The summed E-state index contributed by atoms with van der Waals surface area (Å²) in [6, 6.07) is 4.54. The van der Waals surface area contributed by atoms with Crippen LogP contribution >= 0.6 is 0 Å². The lowest BCUT2D eigenvalue weighted by molar-refractivity contribution is -0.130. The first-order chi connectivity index (χ1) is 20.7. The number of carbonyl (C=O) groups excluding carboxylic acids is 2. The summed E-state index contributed by atoms with van der Waals surface area (Å²) in [6.45, 7) is 11.3. The van der Waals surface area contributed by atoms with Crippen molar-refractivity contribution in [2.75, 3.05) is 46.4 Å². The standard InChI is InChI=1S/C34H44FN5O3/c1-22-16-36-17-32-33(22)27(14-26-7-10-37(19-26)18-25-8-11-38(12-9-25)24(3)41)20-40(32)31-6-5-28(35)15-30(31)34(42)39-21-29(43-4)13-23(39)2/h5-6,15-17,20,23,25-26,29H,7-14,18-19,21H2,1-4H3/t23?,26-,29?/m0/s1. The Kier molecular flexibility index (Phi) is 8.56. The number of pyridine rings is 1. The van der Waals surface area contributed by atoms with E-state index in [0.717, 1.165) is 75.9 Å². The van der Waals surface area contributed by atoms with Gasteiger partial charge in [-0.15, -0.1) is 0 Å². The van der Waals surface area contributed by atoms with Crippen molar-refractivity contribution in [2.45, 2.75) is 65.0 Å². The molecule has 43 heavy (non-hydrogen) atoms. The third-order valence-corrected chi connectivity index (χ3v) is 10.0. The van der Waals surface area contributed by atoms with Gasteiger partial charge in [0.05, 0.1) is 29.1 Å². The lowest BCUT2D eigenvalue weighted by Gasteiger charge is -2.33. The van der Waals surface area contributed by atoms with Crippen molar-refractivity contribution in [3.63, 3.8) is 0 Å². The maximum absolute atomic E-state index is 14.6. The van der Waals surface area contributed by atoms with Crippen LogP contribution in [0.25, 0.3) is 16.6 Å². The van der Waals surface area contributed by atoms with Crippen LogP contribution in [0.1, 0.15) is 61.0 Å². The monoisotopic (exact) mass is 589 g/mol. The molecule has 0 saturated carbocycles. The highest BCUT2D eigenvalue weighted by molar-refractivity contribution is 5.99. The molecule has 1 aromatic carbocycles. The van der Waals surface area contributed by atoms with Crippen molar-refractivity contribution in [1.29, 1.82) is 0 Å². The van der Waals surface area contributed by atoms with E-state index in [1.165, 1.54) is 23.1 Å². The molecule has 5 heterocycles. The SMILES string of the molecule is COC1CC(C)N(C(=O)c2cc(F)ccc2-n2cc(C[C@@H]3CCN(CC4CCN(C(C)=O)CC4)C3)c3c(C)cncc32)C1. The second-order valence-corrected chi connectivity index (χ2v) is 13.0. The van der Waals surface area contributed by atoms with Crippen molar-refractivity contribution in [1.82, 2.24) is 24.3 Å². The zero-order valence-corrected chi connectivity index (χ0v) is 25.9. The van der Waals surface area contributed by atoms with Gasteiger partial charge in [0.1, 0.15) is 5.82 Å². The molecule has 0 aliphatic carbocycles. The molecule has 2 unspecified atom stereocenters. The molecule has 3 atom stereocenters.